The number of carbonyl (C=O) groups excluding carboxylic acids is 2. The second-order valence-corrected chi connectivity index (χ2v) is 31.2. The van der Waals surface area contributed by atoms with Crippen LogP contribution in [0.2, 0.25) is 0 Å². The maximum Gasteiger partial charge on any atom is 0.163 e. The van der Waals surface area contributed by atoms with Crippen LogP contribution in [0.4, 0.5) is 5.82 Å². The molecule has 12 aliphatic rings. The Balaban J connectivity index is 0.983. The smallest absolute Gasteiger partial charge is 0.163 e. The lowest BCUT2D eigenvalue weighted by Crippen LogP contribution is -2.55. The molecule has 4 aliphatic heterocycles. The summed E-state index contributed by atoms with van der Waals surface area (Å²) in [6.45, 7) is 0.240. The Morgan fingerprint density at radius 2 is 1.56 bits per heavy atom. The molecule has 4 saturated carbocycles. The molecule has 96 heavy (non-hydrogen) atoms. The van der Waals surface area contributed by atoms with Gasteiger partial charge in [0.15, 0.2) is 17.3 Å². The minimum atomic E-state index is -1.51. The number of hydrogen-bond acceptors (Lipinski definition) is 11. The van der Waals surface area contributed by atoms with Crippen LogP contribution in [0, 0.1) is 64.1 Å². The molecule has 496 valence electrons. The zero-order valence-corrected chi connectivity index (χ0v) is 55.0. The second kappa shape index (κ2) is 24.1. The number of ketones is 2. The minimum Gasteiger partial charge on any atom is -0.507 e. The molecule has 13 atom stereocenters. The fourth-order valence-corrected chi connectivity index (χ4v) is 21.3. The number of hydrogen-bond donors (Lipinski definition) is 10. The van der Waals surface area contributed by atoms with Crippen molar-refractivity contribution in [3.05, 3.63) is 164 Å². The highest BCUT2D eigenvalue weighted by Crippen LogP contribution is 2.70. The standard InChI is InChI=1S/C83H90N4O9/c88-38-27-59-69(90)22-18-48-40-63(76(92)70(41-48)96-54-11-2-3-12-54)75(91)62-43-53-42-52-25-36-85-79(52)87-67-21-19-58-66-20-17-49(46-86-66)39-51-9-1-4-13-55(51)61(62)44-65(53)83(78(58)94)35-34-81(33-32-80(47-81)28-5-6-29-80)71(83)16-8-14-60-72(67)73(77(59)93)64(57-26-37-84-74(57)60)45-82(95)30-23-50-10-7-15-68(89)56(50)24-31-82/h1,4,7,9-10,13,15,24-26,31,36-37,40-41,43-44,49,54,58-59,64,66-67,71,73,75,78,84-89,91-92,94-95H,2-3,5-6,11-12,14,17-18,20,22-23,27-30,32-35,38-39,42,45-47H2/t49-,58-,59+,64-,66+,67-,71+,73+,75-,78-,81-,82-,83-/m1/s1. The van der Waals surface area contributed by atoms with E-state index in [4.69, 9.17) is 4.74 Å². The van der Waals surface area contributed by atoms with Crippen LogP contribution in [0.1, 0.15) is 202 Å². The van der Waals surface area contributed by atoms with Gasteiger partial charge in [0.05, 0.1) is 35.6 Å². The van der Waals surface area contributed by atoms with E-state index in [2.05, 4.69) is 86.7 Å². The highest BCUT2D eigenvalue weighted by atomic mass is 16.5. The molecule has 6 heterocycles. The van der Waals surface area contributed by atoms with Crippen molar-refractivity contribution in [2.75, 3.05) is 18.5 Å². The molecular formula is C83H90N4O9. The fraction of sp³-hybridized carbons (Fsp3) is 0.494. The van der Waals surface area contributed by atoms with Gasteiger partial charge in [0, 0.05) is 78.4 Å². The number of aromatic hydroxyl groups is 2. The van der Waals surface area contributed by atoms with Crippen molar-refractivity contribution in [2.24, 2.45) is 40.4 Å². The van der Waals surface area contributed by atoms with Crippen LogP contribution in [0.25, 0.3) is 22.8 Å². The number of aliphatic hydroxyl groups is 4. The number of ether oxygens (including phenoxy) is 1. The summed E-state index contributed by atoms with van der Waals surface area (Å²) in [4.78, 5) is 40.3. The number of aliphatic hydroxyl groups excluding tert-OH is 3. The number of carbonyl (C=O) groups is 2. The van der Waals surface area contributed by atoms with E-state index in [0.29, 0.717) is 53.9 Å². The van der Waals surface area contributed by atoms with Gasteiger partial charge in [-0.2, -0.15) is 0 Å². The first kappa shape index (κ1) is 61.9. The molecule has 0 amide bonds. The van der Waals surface area contributed by atoms with Crippen LogP contribution in [-0.2, 0) is 40.7 Å². The van der Waals surface area contributed by atoms with Gasteiger partial charge in [-0.3, -0.25) is 9.59 Å². The zero-order valence-electron chi connectivity index (χ0n) is 55.0. The molecule has 6 aromatic rings. The number of H-pyrrole nitrogens is 2. The third-order valence-corrected chi connectivity index (χ3v) is 26.0. The van der Waals surface area contributed by atoms with Crippen molar-refractivity contribution in [3.8, 4) is 52.1 Å². The highest BCUT2D eigenvalue weighted by molar-refractivity contribution is 6.06. The van der Waals surface area contributed by atoms with Crippen molar-refractivity contribution in [1.82, 2.24) is 15.3 Å². The van der Waals surface area contributed by atoms with E-state index in [1.165, 1.54) is 25.7 Å². The second-order valence-electron chi connectivity index (χ2n) is 31.2. The van der Waals surface area contributed by atoms with E-state index >= 15 is 9.59 Å². The van der Waals surface area contributed by atoms with Gasteiger partial charge in [-0.15, -0.1) is 0 Å². The van der Waals surface area contributed by atoms with Gasteiger partial charge in [-0.1, -0.05) is 91.1 Å². The Labute approximate surface area is 563 Å². The number of Topliss-reactive ketones (excluding diaryl/α,β-unsaturated/α-hetero) is 2. The van der Waals surface area contributed by atoms with Gasteiger partial charge < -0.3 is 56.0 Å². The number of allylic oxidation sites excluding steroid dienone is 1. The summed E-state index contributed by atoms with van der Waals surface area (Å²) in [6.07, 6.45) is 21.4. The lowest BCUT2D eigenvalue weighted by Gasteiger charge is -2.48. The third kappa shape index (κ3) is 10.3. The Bertz CT molecular complexity index is 4300. The van der Waals surface area contributed by atoms with E-state index < -0.39 is 59.5 Å². The molecule has 3 spiro atoms. The van der Waals surface area contributed by atoms with Gasteiger partial charge in [0.25, 0.3) is 0 Å². The number of aromatic amines is 2. The van der Waals surface area contributed by atoms with E-state index in [1.54, 1.807) is 24.3 Å². The summed E-state index contributed by atoms with van der Waals surface area (Å²) in [5, 5.41) is 85.6. The minimum absolute atomic E-state index is 0.0621. The Hall–Kier alpha value is -7.62. The Morgan fingerprint density at radius 1 is 0.729 bits per heavy atom. The third-order valence-electron chi connectivity index (χ3n) is 26.0. The number of aryl methyl sites for hydroxylation is 2. The predicted octanol–water partition coefficient (Wildman–Crippen LogP) is 12.9. The topological polar surface area (TPSA) is 220 Å². The SMILES string of the molecule is O=C1CCc2cc(OC3CCCC3)c(O)c(c2)[C@H](O)c2cc3c4cc2-c2ccccc2C[C@H]2CC[C@H](NC2)[C@H]2C#C[C@@H](Nc5[nH]ccc5C3)C3=C(CC#C[C@H]5[C@]6(CCC7(CCCC7)C6)CC[C@@]45[C@@H]2O)c2[nH]ccc2[C@@H](C[C@]2(O)C=Cc4c(O)cccc4CC2)[C@@H]3C(=O)[C@H]1CCO. The molecular weight excluding hydrogens is 1200 g/mol. The molecule has 0 radical (unpaired) electrons. The summed E-state index contributed by atoms with van der Waals surface area (Å²) < 4.78 is 6.80. The number of piperidine rings is 1. The Kier molecular flexibility index (Phi) is 15.6. The van der Waals surface area contributed by atoms with Crippen LogP contribution in [0.15, 0.2) is 103 Å². The van der Waals surface area contributed by atoms with Crippen LogP contribution in [0.3, 0.4) is 0 Å². The number of fused-ring (bicyclic) bond motifs is 9. The number of nitrogens with one attached hydrogen (secondary N) is 4. The summed E-state index contributed by atoms with van der Waals surface area (Å²) in [5.41, 5.74) is 9.32. The average Bonchev–Trinajstić information content (AvgIpc) is 1.54. The number of phenolic OH excluding ortho intramolecular Hbond substituents is 2. The molecule has 5 fully saturated rings. The van der Waals surface area contributed by atoms with E-state index in [9.17, 15) is 30.6 Å². The molecule has 13 nitrogen and oxygen atoms in total. The first-order valence-corrected chi connectivity index (χ1v) is 36.3. The first-order chi connectivity index (χ1) is 46.7. The molecule has 10 N–H and O–H groups in total. The lowest BCUT2D eigenvalue weighted by molar-refractivity contribution is -0.136. The highest BCUT2D eigenvalue weighted by Gasteiger charge is 2.66. The van der Waals surface area contributed by atoms with E-state index in [-0.39, 0.29) is 108 Å². The number of benzene rings is 4. The van der Waals surface area contributed by atoms with Gasteiger partial charge >= 0.3 is 0 Å². The van der Waals surface area contributed by atoms with E-state index in [0.717, 1.165) is 126 Å². The monoisotopic (exact) mass is 1290 g/mol. The number of aromatic nitrogens is 2. The molecule has 2 aromatic heterocycles. The van der Waals surface area contributed by atoms with Crippen LogP contribution < -0.4 is 15.4 Å². The van der Waals surface area contributed by atoms with Crippen LogP contribution in [0.5, 0.6) is 17.2 Å². The fourth-order valence-electron chi connectivity index (χ4n) is 21.3. The van der Waals surface area contributed by atoms with Crippen LogP contribution >= 0.6 is 0 Å². The molecule has 1 saturated heterocycles. The van der Waals surface area contributed by atoms with Gasteiger partial charge in [-0.25, -0.2) is 0 Å². The molecule has 0 unspecified atom stereocenters. The molecule has 18 rings (SSSR count). The summed E-state index contributed by atoms with van der Waals surface area (Å²) in [7, 11) is 0. The number of rotatable bonds is 6. The maximum atomic E-state index is 17.1. The molecule has 4 aromatic carbocycles. The molecule has 11 bridgehead atoms. The molecule has 13 heteroatoms. The van der Waals surface area contributed by atoms with Crippen molar-refractivity contribution in [3.63, 3.8) is 0 Å². The lowest BCUT2D eigenvalue weighted by atomic mass is 9.57. The van der Waals surface area contributed by atoms with Crippen molar-refractivity contribution in [1.29, 1.82) is 0 Å². The number of anilines is 1. The van der Waals surface area contributed by atoms with Crippen LogP contribution in [-0.4, -0.2) is 95.2 Å². The normalized spacial score (nSPS) is 32.4. The van der Waals surface area contributed by atoms with Gasteiger partial charge in [0.1, 0.15) is 29.5 Å². The molecule has 8 aliphatic carbocycles. The largest absolute Gasteiger partial charge is 0.507 e. The van der Waals surface area contributed by atoms with Gasteiger partial charge in [-0.05, 0) is 248 Å². The van der Waals surface area contributed by atoms with Crippen molar-refractivity contribution < 1.29 is 45.0 Å². The van der Waals surface area contributed by atoms with Gasteiger partial charge in [0.2, 0.25) is 0 Å². The summed E-state index contributed by atoms with van der Waals surface area (Å²) >= 11 is 0. The average molecular weight is 1290 g/mol. The first-order valence-electron chi connectivity index (χ1n) is 36.3. The van der Waals surface area contributed by atoms with Crippen molar-refractivity contribution in [2.45, 2.75) is 201 Å². The Morgan fingerprint density at radius 3 is 2.41 bits per heavy atom. The summed E-state index contributed by atoms with van der Waals surface area (Å²) in [6, 6.07) is 25.2. The van der Waals surface area contributed by atoms with E-state index in [1.807, 2.05) is 36.7 Å². The summed E-state index contributed by atoms with van der Waals surface area (Å²) in [5.74, 6) is 12.3. The predicted molar refractivity (Wildman–Crippen MR) is 370 cm³/mol. The van der Waals surface area contributed by atoms with Crippen molar-refractivity contribution >= 4 is 29.0 Å². The quantitative estimate of drug-likeness (QED) is 0.0558. The zero-order chi connectivity index (χ0) is 65.2. The maximum absolute atomic E-state index is 17.1. The number of phenols is 2.